The minimum Gasteiger partial charge on any atom is -0.490 e. The fraction of sp³-hybridized carbons (Fsp3) is 0.474. The van der Waals surface area contributed by atoms with Crippen LogP contribution in [0.25, 0.3) is 0 Å². The van der Waals surface area contributed by atoms with Crippen molar-refractivity contribution in [1.29, 1.82) is 0 Å². The van der Waals surface area contributed by atoms with Crippen molar-refractivity contribution < 1.29 is 14.1 Å². The van der Waals surface area contributed by atoms with E-state index in [1.807, 2.05) is 31.2 Å². The molecule has 1 saturated heterocycles. The van der Waals surface area contributed by atoms with Gasteiger partial charge in [0.25, 0.3) is 5.91 Å². The lowest BCUT2D eigenvalue weighted by Gasteiger charge is -2.29. The largest absolute Gasteiger partial charge is 0.490 e. The Bertz CT molecular complexity index is 716. The van der Waals surface area contributed by atoms with Gasteiger partial charge in [0.1, 0.15) is 23.2 Å². The topological polar surface area (TPSA) is 67.6 Å². The molecule has 6 nitrogen and oxygen atoms in total. The minimum absolute atomic E-state index is 0.195. The molecule has 1 fully saturated rings. The lowest BCUT2D eigenvalue weighted by Crippen LogP contribution is -2.35. The molecule has 2 aromatic rings. The van der Waals surface area contributed by atoms with Crippen LogP contribution in [0.5, 0.6) is 5.75 Å². The molecule has 0 radical (unpaired) electrons. The van der Waals surface area contributed by atoms with E-state index in [-0.39, 0.29) is 12.0 Å². The number of nitrogens with zero attached hydrogens (tertiary/aromatic N) is 2. The molecule has 0 aliphatic carbocycles. The van der Waals surface area contributed by atoms with Crippen LogP contribution >= 0.6 is 0 Å². The van der Waals surface area contributed by atoms with Crippen molar-refractivity contribution in [2.24, 2.45) is 0 Å². The zero-order chi connectivity index (χ0) is 17.8. The number of ether oxygens (including phenoxy) is 1. The Labute approximate surface area is 148 Å². The molecule has 0 spiro atoms. The average molecular weight is 343 g/mol. The lowest BCUT2D eigenvalue weighted by atomic mass is 10.1. The standard InChI is InChI=1S/C19H25N3O3/c1-4-17-18(13(2)25-21-17)19(23)20-14-5-7-15(8-6-14)24-16-9-11-22(3)12-10-16/h5-8,16H,4,9-12H2,1-3H3,(H,20,23). The summed E-state index contributed by atoms with van der Waals surface area (Å²) in [5.74, 6) is 1.18. The van der Waals surface area contributed by atoms with Crippen molar-refractivity contribution >= 4 is 11.6 Å². The van der Waals surface area contributed by atoms with Crippen molar-refractivity contribution in [3.05, 3.63) is 41.3 Å². The molecule has 0 saturated carbocycles. The van der Waals surface area contributed by atoms with E-state index in [1.54, 1.807) is 6.92 Å². The number of benzene rings is 1. The quantitative estimate of drug-likeness (QED) is 0.902. The van der Waals surface area contributed by atoms with E-state index in [0.29, 0.717) is 23.4 Å². The van der Waals surface area contributed by atoms with Gasteiger partial charge in [0.15, 0.2) is 0 Å². The van der Waals surface area contributed by atoms with Crippen molar-refractivity contribution in [2.75, 3.05) is 25.5 Å². The second-order valence-corrected chi connectivity index (χ2v) is 6.51. The first kappa shape index (κ1) is 17.5. The van der Waals surface area contributed by atoms with Gasteiger partial charge in [-0.25, -0.2) is 0 Å². The summed E-state index contributed by atoms with van der Waals surface area (Å²) in [6, 6.07) is 7.51. The number of hydrogen-bond acceptors (Lipinski definition) is 5. The molecule has 1 amide bonds. The van der Waals surface area contributed by atoms with E-state index < -0.39 is 0 Å². The predicted octanol–water partition coefficient (Wildman–Crippen LogP) is 3.27. The van der Waals surface area contributed by atoms with E-state index >= 15 is 0 Å². The van der Waals surface area contributed by atoms with Gasteiger partial charge in [-0.1, -0.05) is 12.1 Å². The highest BCUT2D eigenvalue weighted by atomic mass is 16.5. The highest BCUT2D eigenvalue weighted by Gasteiger charge is 2.20. The number of carbonyl (C=O) groups is 1. The van der Waals surface area contributed by atoms with E-state index in [9.17, 15) is 4.79 Å². The molecule has 1 N–H and O–H groups in total. The lowest BCUT2D eigenvalue weighted by molar-refractivity contribution is 0.102. The zero-order valence-electron chi connectivity index (χ0n) is 15.0. The maximum absolute atomic E-state index is 12.5. The minimum atomic E-state index is -0.195. The molecule has 6 heteroatoms. The first-order valence-electron chi connectivity index (χ1n) is 8.78. The number of likely N-dealkylation sites (tertiary alicyclic amines) is 1. The molecule has 134 valence electrons. The van der Waals surface area contributed by atoms with Gasteiger partial charge in [-0.2, -0.15) is 0 Å². The van der Waals surface area contributed by atoms with Crippen LogP contribution in [0.3, 0.4) is 0 Å². The van der Waals surface area contributed by atoms with Gasteiger partial charge in [-0.05, 0) is 57.5 Å². The molecular formula is C19H25N3O3. The third-order valence-corrected chi connectivity index (χ3v) is 4.58. The number of anilines is 1. The van der Waals surface area contributed by atoms with Crippen LogP contribution < -0.4 is 10.1 Å². The molecule has 3 rings (SSSR count). The predicted molar refractivity (Wildman–Crippen MR) is 96.2 cm³/mol. The molecule has 1 aliphatic heterocycles. The van der Waals surface area contributed by atoms with E-state index in [1.165, 1.54) is 0 Å². The summed E-state index contributed by atoms with van der Waals surface area (Å²) in [6.07, 6.45) is 3.01. The number of amides is 1. The molecule has 1 aliphatic rings. The molecular weight excluding hydrogens is 318 g/mol. The highest BCUT2D eigenvalue weighted by Crippen LogP contribution is 2.22. The van der Waals surface area contributed by atoms with Crippen LogP contribution in [0.1, 0.15) is 41.6 Å². The van der Waals surface area contributed by atoms with E-state index in [0.717, 1.165) is 37.4 Å². The third kappa shape index (κ3) is 4.20. The van der Waals surface area contributed by atoms with Crippen LogP contribution in [-0.4, -0.2) is 42.2 Å². The number of hydrogen-bond donors (Lipinski definition) is 1. The summed E-state index contributed by atoms with van der Waals surface area (Å²) in [4.78, 5) is 14.8. The molecule has 1 aromatic carbocycles. The van der Waals surface area contributed by atoms with Crippen LogP contribution in [0.4, 0.5) is 5.69 Å². The van der Waals surface area contributed by atoms with Crippen molar-refractivity contribution in [3.63, 3.8) is 0 Å². The molecule has 0 atom stereocenters. The highest BCUT2D eigenvalue weighted by molar-refractivity contribution is 6.05. The second-order valence-electron chi connectivity index (χ2n) is 6.51. The molecule has 25 heavy (non-hydrogen) atoms. The molecule has 0 bridgehead atoms. The number of aromatic nitrogens is 1. The number of rotatable bonds is 5. The monoisotopic (exact) mass is 343 g/mol. The Morgan fingerprint density at radius 3 is 2.64 bits per heavy atom. The van der Waals surface area contributed by atoms with Gasteiger partial charge in [0.05, 0.1) is 5.69 Å². The number of aryl methyl sites for hydroxylation is 2. The smallest absolute Gasteiger partial charge is 0.261 e. The molecule has 0 unspecified atom stereocenters. The Morgan fingerprint density at radius 1 is 1.32 bits per heavy atom. The summed E-state index contributed by atoms with van der Waals surface area (Å²) in [6.45, 7) is 5.83. The Hall–Kier alpha value is -2.34. The van der Waals surface area contributed by atoms with E-state index in [4.69, 9.17) is 9.26 Å². The maximum Gasteiger partial charge on any atom is 0.261 e. The van der Waals surface area contributed by atoms with Crippen LogP contribution in [0.2, 0.25) is 0 Å². The number of carbonyl (C=O) groups excluding carboxylic acids is 1. The van der Waals surface area contributed by atoms with Gasteiger partial charge >= 0.3 is 0 Å². The van der Waals surface area contributed by atoms with Gasteiger partial charge in [-0.3, -0.25) is 4.79 Å². The Balaban J connectivity index is 1.60. The number of nitrogens with one attached hydrogen (secondary N) is 1. The summed E-state index contributed by atoms with van der Waals surface area (Å²) >= 11 is 0. The van der Waals surface area contributed by atoms with Gasteiger partial charge in [0.2, 0.25) is 0 Å². The zero-order valence-corrected chi connectivity index (χ0v) is 15.0. The molecule has 1 aromatic heterocycles. The van der Waals surface area contributed by atoms with Gasteiger partial charge < -0.3 is 19.5 Å². The van der Waals surface area contributed by atoms with Crippen molar-refractivity contribution in [2.45, 2.75) is 39.2 Å². The van der Waals surface area contributed by atoms with Crippen LogP contribution in [0, 0.1) is 6.92 Å². The van der Waals surface area contributed by atoms with Crippen molar-refractivity contribution in [3.8, 4) is 5.75 Å². The first-order chi connectivity index (χ1) is 12.1. The third-order valence-electron chi connectivity index (χ3n) is 4.58. The molecule has 2 heterocycles. The van der Waals surface area contributed by atoms with Gasteiger partial charge in [0, 0.05) is 18.8 Å². The Kier molecular flexibility index (Phi) is 5.38. The van der Waals surface area contributed by atoms with Gasteiger partial charge in [-0.15, -0.1) is 0 Å². The maximum atomic E-state index is 12.5. The fourth-order valence-corrected chi connectivity index (χ4v) is 3.06. The van der Waals surface area contributed by atoms with Crippen LogP contribution in [-0.2, 0) is 6.42 Å². The Morgan fingerprint density at radius 2 is 2.00 bits per heavy atom. The first-order valence-corrected chi connectivity index (χ1v) is 8.78. The normalized spacial score (nSPS) is 16.0. The van der Waals surface area contributed by atoms with E-state index in [2.05, 4.69) is 22.4 Å². The summed E-state index contributed by atoms with van der Waals surface area (Å²) in [7, 11) is 2.13. The second kappa shape index (κ2) is 7.70. The summed E-state index contributed by atoms with van der Waals surface area (Å²) in [5.41, 5.74) is 1.93. The van der Waals surface area contributed by atoms with Crippen LogP contribution in [0.15, 0.2) is 28.8 Å². The van der Waals surface area contributed by atoms with Crippen molar-refractivity contribution in [1.82, 2.24) is 10.1 Å². The average Bonchev–Trinajstić information content (AvgIpc) is 2.99. The number of piperidine rings is 1. The summed E-state index contributed by atoms with van der Waals surface area (Å²) in [5, 5.41) is 6.82. The fourth-order valence-electron chi connectivity index (χ4n) is 3.06. The summed E-state index contributed by atoms with van der Waals surface area (Å²) < 4.78 is 11.1. The SMILES string of the molecule is CCc1noc(C)c1C(=O)Nc1ccc(OC2CCN(C)CC2)cc1.